The summed E-state index contributed by atoms with van der Waals surface area (Å²) in [4.78, 5) is 0. The normalized spacial score (nSPS) is 11.5. The van der Waals surface area contributed by atoms with E-state index in [9.17, 15) is 8.42 Å². The van der Waals surface area contributed by atoms with Crippen LogP contribution in [0.5, 0.6) is 0 Å². The summed E-state index contributed by atoms with van der Waals surface area (Å²) in [6, 6.07) is 7.37. The molecule has 0 bridgehead atoms. The molecule has 1 aromatic carbocycles. The van der Waals surface area contributed by atoms with Gasteiger partial charge in [0.15, 0.2) is 0 Å². The van der Waals surface area contributed by atoms with E-state index in [2.05, 4.69) is 11.8 Å². The van der Waals surface area contributed by atoms with E-state index in [1.807, 2.05) is 38.1 Å². The van der Waals surface area contributed by atoms with E-state index < -0.39 is 10.0 Å². The number of hydrogen-bond donors (Lipinski definition) is 1. The van der Waals surface area contributed by atoms with Gasteiger partial charge in [-0.3, -0.25) is 0 Å². The summed E-state index contributed by atoms with van der Waals surface area (Å²) in [6.07, 6.45) is 0. The Labute approximate surface area is 121 Å². The van der Waals surface area contributed by atoms with Gasteiger partial charge in [0.05, 0.1) is 5.75 Å². The quantitative estimate of drug-likeness (QED) is 0.837. The standard InChI is InChI=1S/C15H21NO3S/c1-13(2)12-20(18,19)16(3)11-15-7-4-6-14(10-15)8-5-9-17/h4,6-7,10,13,17H,9,11-12H2,1-3H3. The van der Waals surface area contributed by atoms with Crippen molar-refractivity contribution in [3.63, 3.8) is 0 Å². The number of benzene rings is 1. The molecule has 20 heavy (non-hydrogen) atoms. The largest absolute Gasteiger partial charge is 0.384 e. The van der Waals surface area contributed by atoms with Crippen LogP contribution in [0.4, 0.5) is 0 Å². The van der Waals surface area contributed by atoms with Gasteiger partial charge in [-0.2, -0.15) is 0 Å². The summed E-state index contributed by atoms with van der Waals surface area (Å²) in [5.41, 5.74) is 1.65. The van der Waals surface area contributed by atoms with Crippen LogP contribution in [0.1, 0.15) is 25.0 Å². The van der Waals surface area contributed by atoms with Crippen molar-refractivity contribution >= 4 is 10.0 Å². The third kappa shape index (κ3) is 5.33. The van der Waals surface area contributed by atoms with E-state index in [1.165, 1.54) is 4.31 Å². The summed E-state index contributed by atoms with van der Waals surface area (Å²) < 4.78 is 25.5. The fourth-order valence-electron chi connectivity index (χ4n) is 1.79. The third-order valence-corrected chi connectivity index (χ3v) is 4.83. The predicted octanol–water partition coefficient (Wildman–Crippen LogP) is 1.45. The molecule has 0 spiro atoms. The molecule has 5 heteroatoms. The van der Waals surface area contributed by atoms with Crippen molar-refractivity contribution in [2.45, 2.75) is 20.4 Å². The lowest BCUT2D eigenvalue weighted by atomic mass is 10.1. The third-order valence-electron chi connectivity index (χ3n) is 2.66. The van der Waals surface area contributed by atoms with Gasteiger partial charge in [0.25, 0.3) is 0 Å². The number of nitrogens with zero attached hydrogens (tertiary/aromatic N) is 1. The first kappa shape index (κ1) is 16.7. The molecule has 4 nitrogen and oxygen atoms in total. The van der Waals surface area contributed by atoms with Crippen molar-refractivity contribution < 1.29 is 13.5 Å². The lowest BCUT2D eigenvalue weighted by Gasteiger charge is -2.18. The van der Waals surface area contributed by atoms with Gasteiger partial charge in [-0.15, -0.1) is 0 Å². The Kier molecular flexibility index (Phi) is 6.21. The van der Waals surface area contributed by atoms with Crippen molar-refractivity contribution in [2.75, 3.05) is 19.4 Å². The molecule has 1 N–H and O–H groups in total. The van der Waals surface area contributed by atoms with Crippen molar-refractivity contribution in [1.82, 2.24) is 4.31 Å². The Balaban J connectivity index is 2.83. The highest BCUT2D eigenvalue weighted by molar-refractivity contribution is 7.89. The maximum atomic E-state index is 12.1. The van der Waals surface area contributed by atoms with Gasteiger partial charge in [-0.05, 0) is 23.6 Å². The molecule has 0 aliphatic carbocycles. The fraction of sp³-hybridized carbons (Fsp3) is 0.467. The molecular weight excluding hydrogens is 274 g/mol. The molecule has 0 unspecified atom stereocenters. The van der Waals surface area contributed by atoms with Crippen LogP contribution in [0.15, 0.2) is 24.3 Å². The van der Waals surface area contributed by atoms with Crippen LogP contribution in [0.2, 0.25) is 0 Å². The summed E-state index contributed by atoms with van der Waals surface area (Å²) in [5, 5.41) is 8.67. The number of sulfonamides is 1. The Morgan fingerprint density at radius 2 is 2.05 bits per heavy atom. The topological polar surface area (TPSA) is 57.6 Å². The zero-order chi connectivity index (χ0) is 15.2. The van der Waals surface area contributed by atoms with Crippen molar-refractivity contribution in [3.05, 3.63) is 35.4 Å². The minimum Gasteiger partial charge on any atom is -0.384 e. The number of rotatable bonds is 5. The van der Waals surface area contributed by atoms with Crippen LogP contribution >= 0.6 is 0 Å². The highest BCUT2D eigenvalue weighted by Gasteiger charge is 2.19. The molecule has 0 aliphatic heterocycles. The van der Waals surface area contributed by atoms with E-state index in [-0.39, 0.29) is 18.3 Å². The Morgan fingerprint density at radius 3 is 2.65 bits per heavy atom. The highest BCUT2D eigenvalue weighted by Crippen LogP contribution is 2.11. The molecule has 0 aliphatic rings. The van der Waals surface area contributed by atoms with Gasteiger partial charge in [0.2, 0.25) is 10.0 Å². The van der Waals surface area contributed by atoms with Crippen LogP contribution in [0.3, 0.4) is 0 Å². The van der Waals surface area contributed by atoms with Gasteiger partial charge < -0.3 is 5.11 Å². The van der Waals surface area contributed by atoms with E-state index in [4.69, 9.17) is 5.11 Å². The Morgan fingerprint density at radius 1 is 1.35 bits per heavy atom. The van der Waals surface area contributed by atoms with E-state index >= 15 is 0 Å². The molecule has 0 saturated heterocycles. The van der Waals surface area contributed by atoms with Gasteiger partial charge in [-0.25, -0.2) is 12.7 Å². The van der Waals surface area contributed by atoms with E-state index in [0.29, 0.717) is 6.54 Å². The van der Waals surface area contributed by atoms with Gasteiger partial charge in [0, 0.05) is 19.2 Å². The second kappa shape index (κ2) is 7.44. The van der Waals surface area contributed by atoms with Crippen molar-refractivity contribution in [2.24, 2.45) is 5.92 Å². The molecular formula is C15H21NO3S. The van der Waals surface area contributed by atoms with Gasteiger partial charge in [0.1, 0.15) is 6.61 Å². The van der Waals surface area contributed by atoms with Crippen LogP contribution in [-0.2, 0) is 16.6 Å². The summed E-state index contributed by atoms with van der Waals surface area (Å²) >= 11 is 0. The number of aliphatic hydroxyl groups is 1. The molecule has 1 aromatic rings. The maximum absolute atomic E-state index is 12.1. The smallest absolute Gasteiger partial charge is 0.214 e. The van der Waals surface area contributed by atoms with Gasteiger partial charge in [-0.1, -0.05) is 37.8 Å². The first-order valence-corrected chi connectivity index (χ1v) is 8.08. The second-order valence-corrected chi connectivity index (χ2v) is 7.21. The Bertz CT molecular complexity index is 597. The summed E-state index contributed by atoms with van der Waals surface area (Å²) in [6.45, 7) is 3.91. The Hall–Kier alpha value is -1.35. The molecule has 0 fully saturated rings. The van der Waals surface area contributed by atoms with Crippen LogP contribution < -0.4 is 0 Å². The fourth-order valence-corrected chi connectivity index (χ4v) is 3.24. The van der Waals surface area contributed by atoms with Crippen LogP contribution in [0, 0.1) is 17.8 Å². The van der Waals surface area contributed by atoms with E-state index in [1.54, 1.807) is 7.05 Å². The average molecular weight is 295 g/mol. The van der Waals surface area contributed by atoms with Crippen molar-refractivity contribution in [3.8, 4) is 11.8 Å². The molecule has 0 aromatic heterocycles. The van der Waals surface area contributed by atoms with Gasteiger partial charge >= 0.3 is 0 Å². The number of hydrogen-bond acceptors (Lipinski definition) is 3. The lowest BCUT2D eigenvalue weighted by molar-refractivity contribution is 0.350. The second-order valence-electron chi connectivity index (χ2n) is 5.09. The minimum absolute atomic E-state index is 0.101. The molecule has 0 heterocycles. The highest BCUT2D eigenvalue weighted by atomic mass is 32.2. The number of aliphatic hydroxyl groups excluding tert-OH is 1. The minimum atomic E-state index is -3.23. The zero-order valence-corrected chi connectivity index (χ0v) is 12.9. The van der Waals surface area contributed by atoms with Crippen molar-refractivity contribution in [1.29, 1.82) is 0 Å². The van der Waals surface area contributed by atoms with Crippen LogP contribution in [-0.4, -0.2) is 37.2 Å². The van der Waals surface area contributed by atoms with Crippen LogP contribution in [0.25, 0.3) is 0 Å². The monoisotopic (exact) mass is 295 g/mol. The first-order valence-electron chi connectivity index (χ1n) is 6.48. The SMILES string of the molecule is CC(C)CS(=O)(=O)N(C)Cc1cccc(C#CCO)c1. The summed E-state index contributed by atoms with van der Waals surface area (Å²) in [5.74, 6) is 5.63. The lowest BCUT2D eigenvalue weighted by Crippen LogP contribution is -2.30. The summed E-state index contributed by atoms with van der Waals surface area (Å²) in [7, 11) is -1.64. The molecule has 0 amide bonds. The average Bonchev–Trinajstić information content (AvgIpc) is 2.35. The first-order chi connectivity index (χ1) is 9.35. The maximum Gasteiger partial charge on any atom is 0.214 e. The molecule has 0 atom stereocenters. The molecule has 0 radical (unpaired) electrons. The van der Waals surface area contributed by atoms with E-state index in [0.717, 1.165) is 11.1 Å². The zero-order valence-electron chi connectivity index (χ0n) is 12.1. The molecule has 0 saturated carbocycles. The predicted molar refractivity (Wildman–Crippen MR) is 80.5 cm³/mol. The molecule has 110 valence electrons. The molecule has 1 rings (SSSR count).